The second-order valence-corrected chi connectivity index (χ2v) is 9.97. The number of hydrogen-bond donors (Lipinski definition) is 0. The Hall–Kier alpha value is -2.74. The molecule has 0 aromatic heterocycles. The van der Waals surface area contributed by atoms with E-state index in [4.69, 9.17) is 9.47 Å². The van der Waals surface area contributed by atoms with Gasteiger partial charge in [0, 0.05) is 16.3 Å². The normalized spacial score (nSPS) is 12.7. The minimum Gasteiger partial charge on any atom is -0.496 e. The predicted octanol–water partition coefficient (Wildman–Crippen LogP) is 9.85. The smallest absolute Gasteiger partial charge is 0.130 e. The van der Waals surface area contributed by atoms with Crippen molar-refractivity contribution >= 4 is 10.8 Å². The van der Waals surface area contributed by atoms with E-state index in [-0.39, 0.29) is 0 Å². The highest BCUT2D eigenvalue weighted by atomic mass is 16.5. The first-order valence-electron chi connectivity index (χ1n) is 13.0. The van der Waals surface area contributed by atoms with Gasteiger partial charge in [-0.15, -0.1) is 0 Å². The SMILES string of the molecule is COc1c(C)c(C/C=C(\C)CC/C=C(\C)CC/C=C(\C)CCC=C(C)C)c(OC)c2ccccc12. The summed E-state index contributed by atoms with van der Waals surface area (Å²) >= 11 is 0. The molecule has 0 aliphatic heterocycles. The first kappa shape index (κ1) is 28.5. The molecule has 2 aromatic carbocycles. The van der Waals surface area contributed by atoms with Gasteiger partial charge in [-0.3, -0.25) is 0 Å². The quantitative estimate of drug-likeness (QED) is 0.269. The molecule has 0 radical (unpaired) electrons. The minimum absolute atomic E-state index is 0.849. The van der Waals surface area contributed by atoms with Gasteiger partial charge in [-0.25, -0.2) is 0 Å². The Balaban J connectivity index is 1.96. The molecule has 0 amide bonds. The summed E-state index contributed by atoms with van der Waals surface area (Å²) in [6, 6.07) is 8.32. The monoisotopic (exact) mass is 474 g/mol. The van der Waals surface area contributed by atoms with Gasteiger partial charge in [0.1, 0.15) is 11.5 Å². The van der Waals surface area contributed by atoms with E-state index in [1.165, 1.54) is 34.3 Å². The van der Waals surface area contributed by atoms with Crippen LogP contribution in [0.2, 0.25) is 0 Å². The van der Waals surface area contributed by atoms with E-state index in [9.17, 15) is 0 Å². The maximum Gasteiger partial charge on any atom is 0.130 e. The molecule has 0 aliphatic rings. The van der Waals surface area contributed by atoms with Gasteiger partial charge >= 0.3 is 0 Å². The minimum atomic E-state index is 0.849. The summed E-state index contributed by atoms with van der Waals surface area (Å²) in [5.74, 6) is 1.91. The number of fused-ring (bicyclic) bond motifs is 1. The van der Waals surface area contributed by atoms with Crippen LogP contribution in [0.3, 0.4) is 0 Å². The molecule has 2 heteroatoms. The number of rotatable bonds is 13. The summed E-state index contributed by atoms with van der Waals surface area (Å²) in [5.41, 5.74) is 8.19. The predicted molar refractivity (Wildman–Crippen MR) is 154 cm³/mol. The van der Waals surface area contributed by atoms with E-state index in [0.717, 1.165) is 66.4 Å². The van der Waals surface area contributed by atoms with Crippen LogP contribution >= 0.6 is 0 Å². The van der Waals surface area contributed by atoms with Crippen molar-refractivity contribution in [1.82, 2.24) is 0 Å². The molecular formula is C33H46O2. The summed E-state index contributed by atoms with van der Waals surface area (Å²) in [5, 5.41) is 2.21. The first-order valence-corrected chi connectivity index (χ1v) is 13.0. The topological polar surface area (TPSA) is 18.5 Å². The van der Waals surface area contributed by atoms with Crippen LogP contribution in [-0.4, -0.2) is 14.2 Å². The Bertz CT molecular complexity index is 1090. The highest BCUT2D eigenvalue weighted by molar-refractivity contribution is 5.96. The molecule has 0 unspecified atom stereocenters. The van der Waals surface area contributed by atoms with Crippen molar-refractivity contribution in [3.63, 3.8) is 0 Å². The van der Waals surface area contributed by atoms with Crippen LogP contribution in [0.5, 0.6) is 11.5 Å². The number of ether oxygens (including phenoxy) is 2. The van der Waals surface area contributed by atoms with Crippen molar-refractivity contribution in [2.24, 2.45) is 0 Å². The van der Waals surface area contributed by atoms with Crippen LogP contribution < -0.4 is 9.47 Å². The van der Waals surface area contributed by atoms with Crippen molar-refractivity contribution in [3.8, 4) is 11.5 Å². The van der Waals surface area contributed by atoms with Crippen LogP contribution in [0.15, 0.2) is 70.9 Å². The molecule has 190 valence electrons. The third-order valence-corrected chi connectivity index (χ3v) is 6.70. The Kier molecular flexibility index (Phi) is 11.9. The van der Waals surface area contributed by atoms with Gasteiger partial charge in [0.05, 0.1) is 14.2 Å². The molecule has 2 rings (SSSR count). The van der Waals surface area contributed by atoms with Crippen LogP contribution in [0.25, 0.3) is 10.8 Å². The average Bonchev–Trinajstić information content (AvgIpc) is 2.82. The van der Waals surface area contributed by atoms with Gasteiger partial charge in [0.15, 0.2) is 0 Å². The van der Waals surface area contributed by atoms with E-state index in [2.05, 4.69) is 84.0 Å². The van der Waals surface area contributed by atoms with Crippen LogP contribution in [-0.2, 0) is 6.42 Å². The molecule has 35 heavy (non-hydrogen) atoms. The van der Waals surface area contributed by atoms with Gasteiger partial charge in [-0.2, -0.15) is 0 Å². The fourth-order valence-electron chi connectivity index (χ4n) is 4.56. The highest BCUT2D eigenvalue weighted by Crippen LogP contribution is 2.40. The molecule has 0 heterocycles. The fraction of sp³-hybridized carbons (Fsp3) is 0.455. The van der Waals surface area contributed by atoms with E-state index in [0.29, 0.717) is 0 Å². The highest BCUT2D eigenvalue weighted by Gasteiger charge is 2.17. The van der Waals surface area contributed by atoms with Gasteiger partial charge < -0.3 is 9.47 Å². The summed E-state index contributed by atoms with van der Waals surface area (Å²) in [6.07, 6.45) is 17.1. The third kappa shape index (κ3) is 8.76. The lowest BCUT2D eigenvalue weighted by molar-refractivity contribution is 0.404. The molecule has 2 aromatic rings. The zero-order valence-corrected chi connectivity index (χ0v) is 23.4. The van der Waals surface area contributed by atoms with Crippen molar-refractivity contribution in [2.45, 2.75) is 86.5 Å². The van der Waals surface area contributed by atoms with Crippen LogP contribution in [0.4, 0.5) is 0 Å². The summed E-state index contributed by atoms with van der Waals surface area (Å²) in [6.45, 7) is 13.2. The molecule has 0 fully saturated rings. The Morgan fingerprint density at radius 3 is 1.60 bits per heavy atom. The lowest BCUT2D eigenvalue weighted by atomic mass is 9.95. The number of benzene rings is 2. The molecule has 0 saturated heterocycles. The van der Waals surface area contributed by atoms with Crippen molar-refractivity contribution in [2.75, 3.05) is 14.2 Å². The van der Waals surface area contributed by atoms with E-state index in [1.54, 1.807) is 14.2 Å². The summed E-state index contributed by atoms with van der Waals surface area (Å²) in [4.78, 5) is 0. The number of allylic oxidation sites excluding steroid dienone is 8. The lowest BCUT2D eigenvalue weighted by Gasteiger charge is -2.18. The number of hydrogen-bond acceptors (Lipinski definition) is 2. The molecule has 0 atom stereocenters. The molecule has 0 spiro atoms. The zero-order chi connectivity index (χ0) is 25.8. The zero-order valence-electron chi connectivity index (χ0n) is 23.4. The Labute approximate surface area is 214 Å². The Morgan fingerprint density at radius 2 is 1.11 bits per heavy atom. The molecule has 0 N–H and O–H groups in total. The van der Waals surface area contributed by atoms with Crippen molar-refractivity contribution < 1.29 is 9.47 Å². The standard InChI is InChI=1S/C33H46O2/c1-24(2)14-11-15-25(3)16-12-17-26(4)18-13-19-27(5)22-23-29-28(6)32(34-7)30-20-9-10-21-31(30)33(29)35-8/h9-10,14,16,18,20-22H,11-13,15,17,19,23H2,1-8H3/b25-16+,26-18+,27-22+. The summed E-state index contributed by atoms with van der Waals surface area (Å²) in [7, 11) is 3.52. The van der Waals surface area contributed by atoms with Gasteiger partial charge in [-0.1, -0.05) is 70.9 Å². The molecule has 0 saturated carbocycles. The third-order valence-electron chi connectivity index (χ3n) is 6.70. The second-order valence-electron chi connectivity index (χ2n) is 9.97. The maximum absolute atomic E-state index is 5.87. The van der Waals surface area contributed by atoms with Crippen molar-refractivity contribution in [3.05, 3.63) is 82.0 Å². The van der Waals surface area contributed by atoms with E-state index in [1.807, 2.05) is 6.07 Å². The number of methoxy groups -OCH3 is 2. The largest absolute Gasteiger partial charge is 0.496 e. The van der Waals surface area contributed by atoms with Gasteiger partial charge in [0.25, 0.3) is 0 Å². The average molecular weight is 475 g/mol. The van der Waals surface area contributed by atoms with Gasteiger partial charge in [0.2, 0.25) is 0 Å². The first-order chi connectivity index (χ1) is 16.8. The summed E-state index contributed by atoms with van der Waals surface area (Å²) < 4.78 is 11.6. The van der Waals surface area contributed by atoms with Crippen LogP contribution in [0, 0.1) is 6.92 Å². The molecule has 0 bridgehead atoms. The maximum atomic E-state index is 5.87. The molecule has 2 nitrogen and oxygen atoms in total. The van der Waals surface area contributed by atoms with Crippen molar-refractivity contribution in [1.29, 1.82) is 0 Å². The second kappa shape index (κ2) is 14.6. The van der Waals surface area contributed by atoms with E-state index >= 15 is 0 Å². The van der Waals surface area contributed by atoms with E-state index < -0.39 is 0 Å². The fourth-order valence-corrected chi connectivity index (χ4v) is 4.56. The lowest BCUT2D eigenvalue weighted by Crippen LogP contribution is -2.00. The van der Waals surface area contributed by atoms with Crippen LogP contribution in [0.1, 0.15) is 84.3 Å². The van der Waals surface area contributed by atoms with Gasteiger partial charge in [-0.05, 0) is 92.1 Å². The Morgan fingerprint density at radius 1 is 0.657 bits per heavy atom. The molecular weight excluding hydrogens is 428 g/mol. The molecule has 0 aliphatic carbocycles.